The van der Waals surface area contributed by atoms with Gasteiger partial charge in [0, 0.05) is 6.42 Å². The van der Waals surface area contributed by atoms with Gasteiger partial charge in [0.1, 0.15) is 10.2 Å². The van der Waals surface area contributed by atoms with Crippen molar-refractivity contribution in [3.8, 4) is 5.75 Å². The van der Waals surface area contributed by atoms with Crippen LogP contribution in [0.5, 0.6) is 5.75 Å². The maximum atomic E-state index is 10.7. The van der Waals surface area contributed by atoms with Gasteiger partial charge in [-0.2, -0.15) is 4.68 Å². The molecule has 124 valence electrons. The zero-order valence-electron chi connectivity index (χ0n) is 13.5. The fourth-order valence-electron chi connectivity index (χ4n) is 2.09. The molecule has 2 aromatic rings. The molecule has 0 saturated heterocycles. The number of ether oxygens (including phenoxy) is 1. The molecule has 6 nitrogen and oxygen atoms in total. The van der Waals surface area contributed by atoms with Crippen LogP contribution in [0.25, 0.3) is 0 Å². The molecule has 0 fully saturated rings. The highest BCUT2D eigenvalue weighted by molar-refractivity contribution is 9.10. The van der Waals surface area contributed by atoms with E-state index in [9.17, 15) is 10.1 Å². The van der Waals surface area contributed by atoms with Crippen LogP contribution in [0.3, 0.4) is 0 Å². The van der Waals surface area contributed by atoms with Crippen LogP contribution < -0.4 is 4.74 Å². The van der Waals surface area contributed by atoms with Gasteiger partial charge in [0.05, 0.1) is 24.4 Å². The summed E-state index contributed by atoms with van der Waals surface area (Å²) in [6.07, 6.45) is 2.32. The number of hydrogen-bond donors (Lipinski definition) is 0. The Bertz CT molecular complexity index is 675. The van der Waals surface area contributed by atoms with Crippen molar-refractivity contribution in [3.63, 3.8) is 0 Å². The second-order valence-corrected chi connectivity index (χ2v) is 7.15. The van der Waals surface area contributed by atoms with Gasteiger partial charge in [-0.05, 0) is 44.0 Å². The average Bonchev–Trinajstić information content (AvgIpc) is 2.84. The molecule has 0 aliphatic heterocycles. The third-order valence-corrected chi connectivity index (χ3v) is 3.95. The van der Waals surface area contributed by atoms with Crippen LogP contribution in [0.4, 0.5) is 5.82 Å². The Kier molecular flexibility index (Phi) is 5.41. The monoisotopic (exact) mass is 381 g/mol. The minimum atomic E-state index is -0.506. The van der Waals surface area contributed by atoms with Crippen molar-refractivity contribution in [3.05, 3.63) is 50.6 Å². The molecule has 0 saturated carbocycles. The van der Waals surface area contributed by atoms with Gasteiger partial charge < -0.3 is 14.9 Å². The van der Waals surface area contributed by atoms with Crippen molar-refractivity contribution in [1.82, 2.24) is 9.78 Å². The molecule has 7 heteroatoms. The minimum Gasteiger partial charge on any atom is -0.494 e. The first-order chi connectivity index (χ1) is 10.8. The number of aromatic nitrogens is 2. The Morgan fingerprint density at radius 3 is 2.48 bits per heavy atom. The third-order valence-electron chi connectivity index (χ3n) is 3.39. The molecule has 0 aliphatic rings. The Labute approximate surface area is 143 Å². The number of nitro groups is 1. The molecule has 0 aliphatic carbocycles. The van der Waals surface area contributed by atoms with E-state index < -0.39 is 4.92 Å². The summed E-state index contributed by atoms with van der Waals surface area (Å²) in [5.74, 6) is 0.661. The summed E-state index contributed by atoms with van der Waals surface area (Å²) in [7, 11) is 0. The third kappa shape index (κ3) is 4.79. The van der Waals surface area contributed by atoms with E-state index in [-0.39, 0.29) is 11.2 Å². The Balaban J connectivity index is 1.81. The smallest absolute Gasteiger partial charge is 0.404 e. The topological polar surface area (TPSA) is 70.2 Å². The standard InChI is InChI=1S/C16H20BrN3O3/c1-16(2,3)12-5-7-13(8-6-12)23-10-4-9-19-11-14(17)15(18-19)20(21)22/h5-8,11H,4,9-10H2,1-3H3. The first-order valence-electron chi connectivity index (χ1n) is 7.38. The molecule has 0 radical (unpaired) electrons. The van der Waals surface area contributed by atoms with E-state index in [1.807, 2.05) is 12.1 Å². The van der Waals surface area contributed by atoms with Crippen LogP contribution in [-0.2, 0) is 12.0 Å². The van der Waals surface area contributed by atoms with Gasteiger partial charge >= 0.3 is 5.82 Å². The number of rotatable bonds is 6. The van der Waals surface area contributed by atoms with Crippen molar-refractivity contribution >= 4 is 21.7 Å². The Morgan fingerprint density at radius 2 is 1.96 bits per heavy atom. The summed E-state index contributed by atoms with van der Waals surface area (Å²) in [6, 6.07) is 8.08. The maximum Gasteiger partial charge on any atom is 0.404 e. The van der Waals surface area contributed by atoms with Crippen LogP contribution in [-0.4, -0.2) is 21.3 Å². The SMILES string of the molecule is CC(C)(C)c1ccc(OCCCn2cc(Br)c([N+](=O)[O-])n2)cc1. The lowest BCUT2D eigenvalue weighted by Gasteiger charge is -2.19. The van der Waals surface area contributed by atoms with Gasteiger partial charge in [-0.25, -0.2) is 0 Å². The predicted molar refractivity (Wildman–Crippen MR) is 91.8 cm³/mol. The lowest BCUT2D eigenvalue weighted by molar-refractivity contribution is -0.390. The van der Waals surface area contributed by atoms with E-state index in [0.717, 1.165) is 5.75 Å². The second-order valence-electron chi connectivity index (χ2n) is 6.30. The predicted octanol–water partition coefficient (Wildman–Crippen LogP) is 4.32. The van der Waals surface area contributed by atoms with Crippen LogP contribution in [0, 0.1) is 10.1 Å². The summed E-state index contributed by atoms with van der Waals surface area (Å²) < 4.78 is 7.63. The zero-order valence-corrected chi connectivity index (χ0v) is 15.0. The van der Waals surface area contributed by atoms with Gasteiger partial charge in [0.15, 0.2) is 0 Å². The molecule has 2 rings (SSSR count). The maximum absolute atomic E-state index is 10.7. The van der Waals surface area contributed by atoms with Crippen molar-refractivity contribution < 1.29 is 9.66 Å². The van der Waals surface area contributed by atoms with Gasteiger partial charge in [0.2, 0.25) is 0 Å². The number of hydrogen-bond acceptors (Lipinski definition) is 4. The zero-order chi connectivity index (χ0) is 17.0. The molecule has 1 aromatic carbocycles. The van der Waals surface area contributed by atoms with Crippen LogP contribution in [0.2, 0.25) is 0 Å². The molecule has 0 spiro atoms. The van der Waals surface area contributed by atoms with Gasteiger partial charge in [-0.3, -0.25) is 0 Å². The van der Waals surface area contributed by atoms with Crippen LogP contribution in [0.15, 0.2) is 34.9 Å². The first kappa shape index (κ1) is 17.5. The second kappa shape index (κ2) is 7.12. The molecule has 0 amide bonds. The van der Waals surface area contributed by atoms with E-state index in [1.54, 1.807) is 10.9 Å². The summed E-state index contributed by atoms with van der Waals surface area (Å²) in [4.78, 5) is 10.2. The molecule has 23 heavy (non-hydrogen) atoms. The molecule has 1 aromatic heterocycles. The van der Waals surface area contributed by atoms with Crippen molar-refractivity contribution in [2.45, 2.75) is 39.2 Å². The molecule has 0 unspecified atom stereocenters. The molecule has 0 bridgehead atoms. The quantitative estimate of drug-likeness (QED) is 0.424. The molecule has 1 heterocycles. The van der Waals surface area contributed by atoms with Gasteiger partial charge in [-0.15, -0.1) is 0 Å². The highest BCUT2D eigenvalue weighted by atomic mass is 79.9. The molecular formula is C16H20BrN3O3. The minimum absolute atomic E-state index is 0.126. The van der Waals surface area contributed by atoms with Crippen LogP contribution >= 0.6 is 15.9 Å². The fourth-order valence-corrected chi connectivity index (χ4v) is 2.55. The average molecular weight is 382 g/mol. The molecular weight excluding hydrogens is 362 g/mol. The summed E-state index contributed by atoms with van der Waals surface area (Å²) >= 11 is 3.13. The highest BCUT2D eigenvalue weighted by Crippen LogP contribution is 2.24. The Hall–Kier alpha value is -1.89. The van der Waals surface area contributed by atoms with Gasteiger partial charge in [-0.1, -0.05) is 32.9 Å². The van der Waals surface area contributed by atoms with Crippen molar-refractivity contribution in [1.29, 1.82) is 0 Å². The normalized spacial score (nSPS) is 11.5. The molecule has 0 atom stereocenters. The lowest BCUT2D eigenvalue weighted by atomic mass is 9.87. The van der Waals surface area contributed by atoms with Crippen molar-refractivity contribution in [2.24, 2.45) is 0 Å². The van der Waals surface area contributed by atoms with E-state index >= 15 is 0 Å². The summed E-state index contributed by atoms with van der Waals surface area (Å²) in [6.45, 7) is 7.60. The number of halogens is 1. The van der Waals surface area contributed by atoms with E-state index in [4.69, 9.17) is 4.74 Å². The van der Waals surface area contributed by atoms with E-state index in [0.29, 0.717) is 24.0 Å². The first-order valence-corrected chi connectivity index (χ1v) is 8.17. The number of nitrogens with zero attached hydrogens (tertiary/aromatic N) is 3. The fraction of sp³-hybridized carbons (Fsp3) is 0.438. The highest BCUT2D eigenvalue weighted by Gasteiger charge is 2.18. The lowest BCUT2D eigenvalue weighted by Crippen LogP contribution is -2.10. The van der Waals surface area contributed by atoms with Crippen molar-refractivity contribution in [2.75, 3.05) is 6.61 Å². The Morgan fingerprint density at radius 1 is 1.30 bits per heavy atom. The van der Waals surface area contributed by atoms with E-state index in [2.05, 4.69) is 53.9 Å². The number of benzene rings is 1. The van der Waals surface area contributed by atoms with Crippen LogP contribution in [0.1, 0.15) is 32.8 Å². The number of aryl methyl sites for hydroxylation is 1. The largest absolute Gasteiger partial charge is 0.494 e. The summed E-state index contributed by atoms with van der Waals surface area (Å²) in [5.41, 5.74) is 1.39. The van der Waals surface area contributed by atoms with E-state index in [1.165, 1.54) is 5.56 Å². The molecule has 0 N–H and O–H groups in total. The summed E-state index contributed by atoms with van der Waals surface area (Å²) in [5, 5.41) is 14.6. The van der Waals surface area contributed by atoms with Gasteiger partial charge in [0.25, 0.3) is 0 Å².